The minimum atomic E-state index is 0.521. The van der Waals surface area contributed by atoms with Crippen LogP contribution in [0.3, 0.4) is 0 Å². The zero-order valence-corrected chi connectivity index (χ0v) is 15.2. The van der Waals surface area contributed by atoms with Gasteiger partial charge >= 0.3 is 0 Å². The highest BCUT2D eigenvalue weighted by atomic mass is 32.1. The predicted octanol–water partition coefficient (Wildman–Crippen LogP) is 5.41. The van der Waals surface area contributed by atoms with E-state index in [1.54, 1.807) is 11.3 Å². The van der Waals surface area contributed by atoms with Gasteiger partial charge in [-0.05, 0) is 25.1 Å². The molecule has 2 N–H and O–H groups in total. The summed E-state index contributed by atoms with van der Waals surface area (Å²) in [4.78, 5) is 8.94. The van der Waals surface area contributed by atoms with Crippen LogP contribution in [0, 0.1) is 6.92 Å². The van der Waals surface area contributed by atoms with Crippen molar-refractivity contribution >= 4 is 44.0 Å². The smallest absolute Gasteiger partial charge is 0.221 e. The molecule has 0 saturated carbocycles. The number of aromatic nitrogens is 4. The zero-order chi connectivity index (χ0) is 18.2. The number of hydrogen-bond donors (Lipinski definition) is 2. The van der Waals surface area contributed by atoms with Crippen LogP contribution in [0.5, 0.6) is 11.6 Å². The van der Waals surface area contributed by atoms with Crippen LogP contribution in [0.1, 0.15) is 5.69 Å². The molecule has 0 bridgehead atoms. The second-order valence-corrected chi connectivity index (χ2v) is 7.06. The third kappa shape index (κ3) is 3.09. The van der Waals surface area contributed by atoms with Gasteiger partial charge in [0.05, 0.1) is 26.9 Å². The molecule has 0 spiro atoms. The maximum atomic E-state index is 6.05. The Labute approximate surface area is 158 Å². The SMILES string of the molecule is Cc1cc(Nc2cc(Oc3ccc4ncsc4c3)nc3ccccc23)n[nH]1. The lowest BCUT2D eigenvalue weighted by atomic mass is 10.2. The quantitative estimate of drug-likeness (QED) is 0.440. The Kier molecular flexibility index (Phi) is 3.72. The molecule has 0 aliphatic heterocycles. The average Bonchev–Trinajstić information content (AvgIpc) is 3.30. The molecule has 0 aliphatic rings. The van der Waals surface area contributed by atoms with Gasteiger partial charge in [0.25, 0.3) is 0 Å². The molecule has 5 rings (SSSR count). The fourth-order valence-electron chi connectivity index (χ4n) is 2.95. The van der Waals surface area contributed by atoms with Crippen molar-refractivity contribution in [3.63, 3.8) is 0 Å². The van der Waals surface area contributed by atoms with Crippen LogP contribution >= 0.6 is 11.3 Å². The number of anilines is 2. The van der Waals surface area contributed by atoms with Crippen molar-refractivity contribution in [1.29, 1.82) is 0 Å². The van der Waals surface area contributed by atoms with Crippen molar-refractivity contribution in [2.45, 2.75) is 6.92 Å². The monoisotopic (exact) mass is 373 g/mol. The van der Waals surface area contributed by atoms with Gasteiger partial charge in [0.1, 0.15) is 5.75 Å². The number of hydrogen-bond acceptors (Lipinski definition) is 6. The second kappa shape index (κ2) is 6.37. The lowest BCUT2D eigenvalue weighted by Crippen LogP contribution is -1.96. The average molecular weight is 373 g/mol. The number of thiazole rings is 1. The highest BCUT2D eigenvalue weighted by Crippen LogP contribution is 2.32. The van der Waals surface area contributed by atoms with E-state index in [-0.39, 0.29) is 0 Å². The highest BCUT2D eigenvalue weighted by Gasteiger charge is 2.10. The second-order valence-electron chi connectivity index (χ2n) is 6.17. The molecule has 0 unspecified atom stereocenters. The largest absolute Gasteiger partial charge is 0.439 e. The van der Waals surface area contributed by atoms with E-state index in [4.69, 9.17) is 4.74 Å². The van der Waals surface area contributed by atoms with E-state index in [1.165, 1.54) is 0 Å². The summed E-state index contributed by atoms with van der Waals surface area (Å²) in [5, 5.41) is 11.6. The Bertz CT molecular complexity index is 1260. The van der Waals surface area contributed by atoms with Gasteiger partial charge < -0.3 is 10.1 Å². The van der Waals surface area contributed by atoms with Crippen LogP contribution in [-0.4, -0.2) is 20.2 Å². The summed E-state index contributed by atoms with van der Waals surface area (Å²) in [5.41, 5.74) is 5.53. The molecule has 0 amide bonds. The van der Waals surface area contributed by atoms with Gasteiger partial charge in [-0.3, -0.25) is 5.10 Å². The molecule has 0 radical (unpaired) electrons. The Morgan fingerprint density at radius 3 is 2.85 bits per heavy atom. The first-order valence-corrected chi connectivity index (χ1v) is 9.32. The van der Waals surface area contributed by atoms with Crippen molar-refractivity contribution in [3.8, 4) is 11.6 Å². The molecule has 6 nitrogen and oxygen atoms in total. The maximum absolute atomic E-state index is 6.05. The lowest BCUT2D eigenvalue weighted by Gasteiger charge is -2.11. The Balaban J connectivity index is 1.55. The van der Waals surface area contributed by atoms with Crippen molar-refractivity contribution in [3.05, 3.63) is 65.8 Å². The van der Waals surface area contributed by atoms with E-state index in [9.17, 15) is 0 Å². The molecule has 132 valence electrons. The fourth-order valence-corrected chi connectivity index (χ4v) is 3.65. The van der Waals surface area contributed by atoms with Crippen LogP contribution in [0.2, 0.25) is 0 Å². The summed E-state index contributed by atoms with van der Waals surface area (Å²) in [6.45, 7) is 1.97. The van der Waals surface area contributed by atoms with E-state index in [1.807, 2.05) is 67.0 Å². The number of H-pyrrole nitrogens is 1. The molecular weight excluding hydrogens is 358 g/mol. The minimum absolute atomic E-state index is 0.521. The molecule has 3 aromatic heterocycles. The van der Waals surface area contributed by atoms with Gasteiger partial charge in [0, 0.05) is 29.3 Å². The van der Waals surface area contributed by atoms with Crippen molar-refractivity contribution < 1.29 is 4.74 Å². The first-order valence-electron chi connectivity index (χ1n) is 8.44. The summed E-state index contributed by atoms with van der Waals surface area (Å²) in [6.07, 6.45) is 0. The first-order chi connectivity index (χ1) is 13.2. The van der Waals surface area contributed by atoms with E-state index < -0.39 is 0 Å². The van der Waals surface area contributed by atoms with Crippen molar-refractivity contribution in [1.82, 2.24) is 20.2 Å². The fraction of sp³-hybridized carbons (Fsp3) is 0.0500. The van der Waals surface area contributed by atoms with Crippen LogP contribution in [-0.2, 0) is 0 Å². The molecule has 27 heavy (non-hydrogen) atoms. The van der Waals surface area contributed by atoms with Crippen LogP contribution in [0.15, 0.2) is 60.1 Å². The summed E-state index contributed by atoms with van der Waals surface area (Å²) in [7, 11) is 0. The van der Waals surface area contributed by atoms with Crippen molar-refractivity contribution in [2.75, 3.05) is 5.32 Å². The number of ether oxygens (including phenoxy) is 1. The molecule has 7 heteroatoms. The molecule has 0 aliphatic carbocycles. The number of nitrogens with one attached hydrogen (secondary N) is 2. The van der Waals surface area contributed by atoms with E-state index >= 15 is 0 Å². The number of rotatable bonds is 4. The summed E-state index contributed by atoms with van der Waals surface area (Å²) >= 11 is 1.59. The van der Waals surface area contributed by atoms with Gasteiger partial charge in [-0.2, -0.15) is 5.10 Å². The van der Waals surface area contributed by atoms with Gasteiger partial charge in [-0.1, -0.05) is 18.2 Å². The third-order valence-electron chi connectivity index (χ3n) is 4.19. The summed E-state index contributed by atoms with van der Waals surface area (Å²) in [6, 6.07) is 17.6. The maximum Gasteiger partial charge on any atom is 0.221 e. The first kappa shape index (κ1) is 15.8. The van der Waals surface area contributed by atoms with E-state index in [0.29, 0.717) is 5.88 Å². The number of aryl methyl sites for hydroxylation is 1. The number of pyridine rings is 1. The molecular formula is C20H15N5OS. The molecule has 5 aromatic rings. The summed E-state index contributed by atoms with van der Waals surface area (Å²) in [5.74, 6) is 2.00. The minimum Gasteiger partial charge on any atom is -0.439 e. The normalized spacial score (nSPS) is 11.1. The number of aromatic amines is 1. The van der Waals surface area contributed by atoms with Gasteiger partial charge in [0.2, 0.25) is 5.88 Å². The molecule has 0 saturated heterocycles. The van der Waals surface area contributed by atoms with Crippen LogP contribution in [0.4, 0.5) is 11.5 Å². The summed E-state index contributed by atoms with van der Waals surface area (Å²) < 4.78 is 7.13. The number of fused-ring (bicyclic) bond motifs is 2. The molecule has 0 atom stereocenters. The van der Waals surface area contributed by atoms with Crippen LogP contribution < -0.4 is 10.1 Å². The number of para-hydroxylation sites is 1. The van der Waals surface area contributed by atoms with Gasteiger partial charge in [-0.15, -0.1) is 11.3 Å². The van der Waals surface area contributed by atoms with Crippen molar-refractivity contribution in [2.24, 2.45) is 0 Å². The lowest BCUT2D eigenvalue weighted by molar-refractivity contribution is 0.466. The Hall–Kier alpha value is -3.45. The molecule has 3 heterocycles. The van der Waals surface area contributed by atoms with Gasteiger partial charge in [-0.25, -0.2) is 9.97 Å². The number of nitrogens with zero attached hydrogens (tertiary/aromatic N) is 3. The third-order valence-corrected chi connectivity index (χ3v) is 4.98. The topological polar surface area (TPSA) is 75.7 Å². The van der Waals surface area contributed by atoms with Crippen LogP contribution in [0.25, 0.3) is 21.1 Å². The molecule has 2 aromatic carbocycles. The molecule has 0 fully saturated rings. The van der Waals surface area contributed by atoms with E-state index in [2.05, 4.69) is 25.5 Å². The zero-order valence-electron chi connectivity index (χ0n) is 14.4. The Morgan fingerprint density at radius 2 is 1.96 bits per heavy atom. The van der Waals surface area contributed by atoms with E-state index in [0.717, 1.165) is 44.1 Å². The Morgan fingerprint density at radius 1 is 1.04 bits per heavy atom. The number of benzene rings is 2. The van der Waals surface area contributed by atoms with Gasteiger partial charge in [0.15, 0.2) is 5.82 Å². The highest BCUT2D eigenvalue weighted by molar-refractivity contribution is 7.16. The predicted molar refractivity (Wildman–Crippen MR) is 108 cm³/mol. The standard InChI is InChI=1S/C20H15N5OS/c1-12-8-19(25-24-12)22-17-10-20(23-15-5-3-2-4-14(15)17)26-13-6-7-16-18(9-13)27-11-21-16/h2-11H,1H3,(H2,22,23,24,25).